The molecule has 23 heavy (non-hydrogen) atoms. The second-order valence-electron chi connectivity index (χ2n) is 5.02. The van der Waals surface area contributed by atoms with Crippen molar-refractivity contribution in [2.75, 3.05) is 0 Å². The maximum Gasteiger partial charge on any atom is 0.238 e. The summed E-state index contributed by atoms with van der Waals surface area (Å²) in [5.74, 6) is -0.0596. The highest BCUT2D eigenvalue weighted by molar-refractivity contribution is 7.88. The fourth-order valence-corrected chi connectivity index (χ4v) is 3.39. The van der Waals surface area contributed by atoms with E-state index >= 15 is 0 Å². The van der Waals surface area contributed by atoms with Crippen molar-refractivity contribution in [3.05, 3.63) is 59.0 Å². The van der Waals surface area contributed by atoms with Crippen LogP contribution in [0, 0.1) is 0 Å². The molecule has 0 bridgehead atoms. The molecule has 124 valence electrons. The number of amides is 1. The summed E-state index contributed by atoms with van der Waals surface area (Å²) in [4.78, 5) is 11.9. The molecule has 1 heterocycles. The van der Waals surface area contributed by atoms with Crippen LogP contribution in [0.1, 0.15) is 18.2 Å². The van der Waals surface area contributed by atoms with Gasteiger partial charge in [0.05, 0.1) is 24.6 Å². The van der Waals surface area contributed by atoms with E-state index in [1.807, 2.05) is 0 Å². The highest BCUT2D eigenvalue weighted by Gasteiger charge is 2.20. The number of sulfonamides is 1. The Morgan fingerprint density at radius 1 is 1.26 bits per heavy atom. The van der Waals surface area contributed by atoms with Crippen molar-refractivity contribution in [1.29, 1.82) is 0 Å². The number of benzene rings is 1. The minimum atomic E-state index is -3.64. The molecule has 0 unspecified atom stereocenters. The number of carbonyl (C=O) groups excluding carboxylic acids is 1. The monoisotopic (exact) mass is 356 g/mol. The van der Waals surface area contributed by atoms with Crippen LogP contribution in [0.3, 0.4) is 0 Å². The van der Waals surface area contributed by atoms with E-state index < -0.39 is 22.0 Å². The van der Waals surface area contributed by atoms with Gasteiger partial charge in [0.1, 0.15) is 5.76 Å². The van der Waals surface area contributed by atoms with Gasteiger partial charge in [-0.05, 0) is 36.8 Å². The molecule has 0 aliphatic carbocycles. The zero-order valence-corrected chi connectivity index (χ0v) is 14.0. The SMILES string of the molecule is C[C@H](NS(=O)(=O)Cc1ccc(Cl)cc1)C(=O)NCc1ccco1. The third-order valence-corrected chi connectivity index (χ3v) is 4.71. The molecule has 2 aromatic rings. The average molecular weight is 357 g/mol. The first kappa shape index (κ1) is 17.5. The third-order valence-electron chi connectivity index (χ3n) is 3.04. The Morgan fingerprint density at radius 2 is 1.96 bits per heavy atom. The second kappa shape index (κ2) is 7.63. The van der Waals surface area contributed by atoms with Crippen LogP contribution in [0.2, 0.25) is 5.02 Å². The van der Waals surface area contributed by atoms with E-state index in [1.54, 1.807) is 36.4 Å². The molecule has 0 aliphatic heterocycles. The molecule has 2 N–H and O–H groups in total. The lowest BCUT2D eigenvalue weighted by Crippen LogP contribution is -2.44. The van der Waals surface area contributed by atoms with Gasteiger partial charge in [0, 0.05) is 5.02 Å². The minimum absolute atomic E-state index is 0.203. The summed E-state index contributed by atoms with van der Waals surface area (Å²) in [5, 5.41) is 3.13. The Hall–Kier alpha value is -1.83. The lowest BCUT2D eigenvalue weighted by Gasteiger charge is -2.14. The number of rotatable bonds is 7. The van der Waals surface area contributed by atoms with E-state index in [2.05, 4.69) is 10.0 Å². The van der Waals surface area contributed by atoms with Gasteiger partial charge in [-0.3, -0.25) is 4.79 Å². The van der Waals surface area contributed by atoms with Crippen molar-refractivity contribution in [3.63, 3.8) is 0 Å². The highest BCUT2D eigenvalue weighted by atomic mass is 35.5. The predicted molar refractivity (Wildman–Crippen MR) is 87.2 cm³/mol. The van der Waals surface area contributed by atoms with Crippen LogP contribution < -0.4 is 10.0 Å². The van der Waals surface area contributed by atoms with Crippen molar-refractivity contribution in [3.8, 4) is 0 Å². The van der Waals surface area contributed by atoms with Crippen molar-refractivity contribution in [1.82, 2.24) is 10.0 Å². The average Bonchev–Trinajstić information content (AvgIpc) is 2.99. The third kappa shape index (κ3) is 5.70. The number of furan rings is 1. The Bertz CT molecular complexity index is 742. The smallest absolute Gasteiger partial charge is 0.238 e. The molecular weight excluding hydrogens is 340 g/mol. The molecular formula is C15H17ClN2O4S. The fourth-order valence-electron chi connectivity index (χ4n) is 1.91. The molecule has 0 spiro atoms. The van der Waals surface area contributed by atoms with E-state index in [-0.39, 0.29) is 12.3 Å². The van der Waals surface area contributed by atoms with E-state index in [0.717, 1.165) is 0 Å². The first-order valence-electron chi connectivity index (χ1n) is 6.90. The van der Waals surface area contributed by atoms with Gasteiger partial charge in [-0.2, -0.15) is 0 Å². The fraction of sp³-hybridized carbons (Fsp3) is 0.267. The van der Waals surface area contributed by atoms with Gasteiger partial charge in [-0.15, -0.1) is 0 Å². The summed E-state index contributed by atoms with van der Waals surface area (Å²) in [5.41, 5.74) is 0.588. The molecule has 0 saturated heterocycles. The molecule has 0 aliphatic rings. The maximum atomic E-state index is 12.1. The molecule has 1 aromatic carbocycles. The predicted octanol–water partition coefficient (Wildman–Crippen LogP) is 2.06. The van der Waals surface area contributed by atoms with Crippen LogP contribution in [-0.4, -0.2) is 20.4 Å². The van der Waals surface area contributed by atoms with Gasteiger partial charge in [0.2, 0.25) is 15.9 Å². The van der Waals surface area contributed by atoms with Gasteiger partial charge in [0.25, 0.3) is 0 Å². The summed E-state index contributed by atoms with van der Waals surface area (Å²) in [6.07, 6.45) is 1.50. The molecule has 2 rings (SSSR count). The van der Waals surface area contributed by atoms with Crippen LogP contribution in [0.25, 0.3) is 0 Å². The maximum absolute atomic E-state index is 12.1. The Labute approximate surface area is 139 Å². The lowest BCUT2D eigenvalue weighted by atomic mass is 10.2. The molecule has 1 atom stereocenters. The van der Waals surface area contributed by atoms with Crippen LogP contribution in [0.4, 0.5) is 0 Å². The quantitative estimate of drug-likeness (QED) is 0.794. The number of nitrogens with one attached hydrogen (secondary N) is 2. The molecule has 1 aromatic heterocycles. The van der Waals surface area contributed by atoms with Gasteiger partial charge >= 0.3 is 0 Å². The highest BCUT2D eigenvalue weighted by Crippen LogP contribution is 2.11. The first-order valence-corrected chi connectivity index (χ1v) is 8.93. The zero-order valence-electron chi connectivity index (χ0n) is 12.5. The van der Waals surface area contributed by atoms with Gasteiger partial charge in [0.15, 0.2) is 0 Å². The van der Waals surface area contributed by atoms with Crippen molar-refractivity contribution in [2.45, 2.75) is 25.3 Å². The van der Waals surface area contributed by atoms with E-state index in [0.29, 0.717) is 16.3 Å². The van der Waals surface area contributed by atoms with E-state index in [9.17, 15) is 13.2 Å². The molecule has 1 amide bonds. The summed E-state index contributed by atoms with van der Waals surface area (Å²) in [6, 6.07) is 9.03. The molecule has 6 nitrogen and oxygen atoms in total. The van der Waals surface area contributed by atoms with Crippen molar-refractivity contribution in [2.24, 2.45) is 0 Å². The Morgan fingerprint density at radius 3 is 2.57 bits per heavy atom. The number of hydrogen-bond donors (Lipinski definition) is 2. The molecule has 0 radical (unpaired) electrons. The largest absolute Gasteiger partial charge is 0.467 e. The van der Waals surface area contributed by atoms with Crippen molar-refractivity contribution >= 4 is 27.5 Å². The number of halogens is 1. The molecule has 8 heteroatoms. The lowest BCUT2D eigenvalue weighted by molar-refractivity contribution is -0.122. The standard InChI is InChI=1S/C15H17ClN2O4S/c1-11(15(19)17-9-14-3-2-8-22-14)18-23(20,21)10-12-4-6-13(16)7-5-12/h2-8,11,18H,9-10H2,1H3,(H,17,19)/t11-/m0/s1. The Balaban J connectivity index is 1.88. The Kier molecular flexibility index (Phi) is 5.81. The van der Waals surface area contributed by atoms with Crippen molar-refractivity contribution < 1.29 is 17.6 Å². The topological polar surface area (TPSA) is 88.4 Å². The summed E-state index contributed by atoms with van der Waals surface area (Å²) in [7, 11) is -3.64. The molecule has 0 fully saturated rings. The van der Waals surface area contributed by atoms with Crippen LogP contribution in [0.15, 0.2) is 47.1 Å². The van der Waals surface area contributed by atoms with Gasteiger partial charge < -0.3 is 9.73 Å². The summed E-state index contributed by atoms with van der Waals surface area (Å²) in [6.45, 7) is 1.69. The first-order chi connectivity index (χ1) is 10.9. The second-order valence-corrected chi connectivity index (χ2v) is 7.21. The number of carbonyl (C=O) groups is 1. The summed E-state index contributed by atoms with van der Waals surface area (Å²) >= 11 is 5.76. The van der Waals surface area contributed by atoms with E-state index in [1.165, 1.54) is 13.2 Å². The zero-order chi connectivity index (χ0) is 16.9. The molecule has 0 saturated carbocycles. The van der Waals surface area contributed by atoms with Crippen LogP contribution in [0.5, 0.6) is 0 Å². The minimum Gasteiger partial charge on any atom is -0.467 e. The van der Waals surface area contributed by atoms with Crippen LogP contribution >= 0.6 is 11.6 Å². The number of hydrogen-bond acceptors (Lipinski definition) is 4. The van der Waals surface area contributed by atoms with E-state index in [4.69, 9.17) is 16.0 Å². The van der Waals surface area contributed by atoms with Gasteiger partial charge in [-0.1, -0.05) is 23.7 Å². The van der Waals surface area contributed by atoms with Gasteiger partial charge in [-0.25, -0.2) is 13.1 Å². The van der Waals surface area contributed by atoms with Crippen LogP contribution in [-0.2, 0) is 27.1 Å². The summed E-state index contributed by atoms with van der Waals surface area (Å²) < 4.78 is 31.6. The normalized spacial score (nSPS) is 12.8.